The zero-order valence-electron chi connectivity index (χ0n) is 28.8. The van der Waals surface area contributed by atoms with Crippen LogP contribution in [0.5, 0.6) is 5.75 Å². The van der Waals surface area contributed by atoms with Crippen LogP contribution < -0.4 is 20.9 Å². The topological polar surface area (TPSA) is 150 Å². The Morgan fingerprint density at radius 1 is 1.15 bits per heavy atom. The van der Waals surface area contributed by atoms with E-state index in [2.05, 4.69) is 20.6 Å². The number of hydrogen-bond donors (Lipinski definition) is 4. The first-order chi connectivity index (χ1) is 22.5. The van der Waals surface area contributed by atoms with Crippen molar-refractivity contribution in [2.45, 2.75) is 97.4 Å². The quantitative estimate of drug-likeness (QED) is 0.0968. The number of nitrogens with zero attached hydrogens (tertiary/aromatic N) is 1. The molecule has 269 valence electrons. The van der Waals surface area contributed by atoms with Gasteiger partial charge in [0.15, 0.2) is 0 Å². The fraction of sp³-hybridized carbons (Fsp3) is 0.686. The second-order valence-electron chi connectivity index (χ2n) is 13.5. The molecule has 13 heteroatoms. The average molecular weight is 715 g/mol. The van der Waals surface area contributed by atoms with Crippen LogP contribution in [0.4, 0.5) is 8.78 Å². The van der Waals surface area contributed by atoms with Crippen LogP contribution in [0.1, 0.15) is 84.3 Å². The van der Waals surface area contributed by atoms with Gasteiger partial charge in [0.1, 0.15) is 11.4 Å². The van der Waals surface area contributed by atoms with Gasteiger partial charge in [-0.25, -0.2) is 13.8 Å². The number of aliphatic hydroxyl groups excluding tert-OH is 1. The van der Waals surface area contributed by atoms with Gasteiger partial charge < -0.3 is 30.3 Å². The molecule has 48 heavy (non-hydrogen) atoms. The summed E-state index contributed by atoms with van der Waals surface area (Å²) >= 11 is 0. The van der Waals surface area contributed by atoms with Crippen molar-refractivity contribution in [1.82, 2.24) is 20.6 Å². The maximum atomic E-state index is 12.7. The Kier molecular flexibility index (Phi) is 19.8. The summed E-state index contributed by atoms with van der Waals surface area (Å²) < 4.78 is 30.6. The minimum Gasteiger partial charge on any atom is -0.541 e. The van der Waals surface area contributed by atoms with Gasteiger partial charge >= 0.3 is 0 Å². The standard InChI is InChI=1S/C20H26N2O2.C14H23F2N2O3.CH4O.V/c1-24-15-9-10-17-19(12-15)22-20(23)18(21-17)6-4-2-3-5-13-7-8-14-11-16(13)14;1-14(2,3)13(18-9-21)11(7-19)10(6-12(15)16)4-5-17-8-20;1-2;/h9-10,12-14,16H,2-8,11H2,1H3,(H,22,23);8-13H,4-6H2,1-3H3,(H,17,20)(H,18,21);2H,1H3;/q;-1;;/t;10?,11?,13-;;/m.1../s1. The van der Waals surface area contributed by atoms with Crippen LogP contribution in [0.15, 0.2) is 23.0 Å². The van der Waals surface area contributed by atoms with Gasteiger partial charge in [-0.05, 0) is 73.8 Å². The number of nitrogens with one attached hydrogen (secondary N) is 3. The van der Waals surface area contributed by atoms with E-state index in [0.717, 1.165) is 54.5 Å². The Bertz CT molecular complexity index is 1310. The number of rotatable bonds is 18. The summed E-state index contributed by atoms with van der Waals surface area (Å²) in [5.74, 6) is 2.37. The van der Waals surface area contributed by atoms with E-state index < -0.39 is 36.1 Å². The van der Waals surface area contributed by atoms with Gasteiger partial charge in [-0.1, -0.05) is 46.0 Å². The Labute approximate surface area is 294 Å². The number of methoxy groups -OCH3 is 1. The first-order valence-electron chi connectivity index (χ1n) is 16.6. The van der Waals surface area contributed by atoms with E-state index >= 15 is 0 Å². The maximum absolute atomic E-state index is 12.7. The van der Waals surface area contributed by atoms with Crippen molar-refractivity contribution in [3.05, 3.63) is 34.2 Å². The molecule has 2 aliphatic rings. The van der Waals surface area contributed by atoms with Crippen LogP contribution in [-0.4, -0.2) is 67.4 Å². The number of ether oxygens (including phenoxy) is 1. The van der Waals surface area contributed by atoms with E-state index in [1.807, 2.05) is 39.0 Å². The number of carbonyl (C=O) groups excluding carboxylic acids is 3. The number of amides is 2. The number of benzene rings is 1. The molecular formula is C35H53F2N4O6V-. The third-order valence-electron chi connectivity index (χ3n) is 9.36. The number of aromatic nitrogens is 2. The molecule has 0 saturated heterocycles. The van der Waals surface area contributed by atoms with Crippen LogP contribution in [-0.2, 0) is 39.4 Å². The van der Waals surface area contributed by atoms with Crippen LogP contribution in [0.3, 0.4) is 0 Å². The Morgan fingerprint density at radius 2 is 1.88 bits per heavy atom. The van der Waals surface area contributed by atoms with E-state index in [-0.39, 0.29) is 37.1 Å². The molecule has 2 aliphatic carbocycles. The van der Waals surface area contributed by atoms with Crippen LogP contribution >= 0.6 is 0 Å². The summed E-state index contributed by atoms with van der Waals surface area (Å²) in [6.45, 7) is 5.61. The summed E-state index contributed by atoms with van der Waals surface area (Å²) in [6, 6.07) is 5.00. The van der Waals surface area contributed by atoms with Gasteiger partial charge in [0.25, 0.3) is 5.56 Å². The van der Waals surface area contributed by atoms with Crippen LogP contribution in [0, 0.1) is 35.0 Å². The summed E-state index contributed by atoms with van der Waals surface area (Å²) in [5.41, 5.74) is 1.68. The normalized spacial score (nSPS) is 19.6. The fourth-order valence-corrected chi connectivity index (χ4v) is 6.86. The summed E-state index contributed by atoms with van der Waals surface area (Å²) in [4.78, 5) is 52.0. The number of aryl methyl sites for hydroxylation is 1. The fourth-order valence-electron chi connectivity index (χ4n) is 6.86. The minimum absolute atomic E-state index is 0. The van der Waals surface area contributed by atoms with Gasteiger partial charge in [0.2, 0.25) is 19.2 Å². The monoisotopic (exact) mass is 714 g/mol. The van der Waals surface area contributed by atoms with E-state index in [1.54, 1.807) is 13.4 Å². The molecule has 5 unspecified atom stereocenters. The largest absolute Gasteiger partial charge is 0.541 e. The zero-order chi connectivity index (χ0) is 35.0. The predicted octanol–water partition coefficient (Wildman–Crippen LogP) is 4.97. The first kappa shape index (κ1) is 43.2. The van der Waals surface area contributed by atoms with Gasteiger partial charge in [-0.2, -0.15) is 0 Å². The number of unbranched alkanes of at least 4 members (excludes halogenated alkanes) is 2. The molecule has 1 aromatic heterocycles. The van der Waals surface area contributed by atoms with Crippen molar-refractivity contribution in [2.75, 3.05) is 20.8 Å². The van der Waals surface area contributed by atoms with Crippen LogP contribution in [0.25, 0.3) is 11.0 Å². The second-order valence-corrected chi connectivity index (χ2v) is 13.5. The van der Waals surface area contributed by atoms with Gasteiger partial charge in [0.05, 0.1) is 18.1 Å². The predicted molar refractivity (Wildman–Crippen MR) is 178 cm³/mol. The van der Waals surface area contributed by atoms with Crippen LogP contribution in [0.2, 0.25) is 0 Å². The number of aromatic amines is 1. The van der Waals surface area contributed by atoms with Gasteiger partial charge in [-0.15, -0.1) is 5.92 Å². The molecule has 0 spiro atoms. The van der Waals surface area contributed by atoms with Crippen molar-refractivity contribution in [3.63, 3.8) is 0 Å². The summed E-state index contributed by atoms with van der Waals surface area (Å²) in [5, 5.41) is 11.9. The molecule has 10 nitrogen and oxygen atoms in total. The van der Waals surface area contributed by atoms with E-state index in [0.29, 0.717) is 18.5 Å². The van der Waals surface area contributed by atoms with Crippen molar-refractivity contribution in [2.24, 2.45) is 35.0 Å². The molecule has 4 N–H and O–H groups in total. The number of aliphatic hydroxyl groups is 1. The molecule has 0 bridgehead atoms. The third kappa shape index (κ3) is 13.6. The third-order valence-corrected chi connectivity index (χ3v) is 9.36. The summed E-state index contributed by atoms with van der Waals surface area (Å²) in [6.07, 6.45) is 10.1. The molecule has 6 atom stereocenters. The second kappa shape index (κ2) is 22.0. The molecule has 2 amide bonds. The molecule has 2 saturated carbocycles. The van der Waals surface area contributed by atoms with Crippen molar-refractivity contribution in [3.8, 4) is 5.75 Å². The number of halogens is 2. The average Bonchev–Trinajstić information content (AvgIpc) is 3.72. The van der Waals surface area contributed by atoms with Crippen molar-refractivity contribution >= 4 is 30.1 Å². The molecule has 1 heterocycles. The van der Waals surface area contributed by atoms with E-state index in [9.17, 15) is 28.0 Å². The SMILES string of the molecule is CC(C)(C)[C@H](NC=O)C([C-]=O)C(CCNC=O)CC(F)F.CO.COc1ccc2nc(CCCCCC3CCC4CC34)c(=O)[nH]c2c1.[V]. The Balaban J connectivity index is 0.000000453. The molecule has 4 rings (SSSR count). The molecule has 2 aromatic rings. The van der Waals surface area contributed by atoms with E-state index in [1.165, 1.54) is 38.5 Å². The molecule has 1 aromatic carbocycles. The molecule has 1 radical (unpaired) electrons. The van der Waals surface area contributed by atoms with Gasteiger partial charge in [0, 0.05) is 50.7 Å². The smallest absolute Gasteiger partial charge is 0.270 e. The minimum atomic E-state index is -2.57. The number of carbonyl (C=O) groups is 2. The van der Waals surface area contributed by atoms with E-state index in [4.69, 9.17) is 9.84 Å². The zero-order valence-corrected chi connectivity index (χ0v) is 30.2. The van der Waals surface area contributed by atoms with Crippen molar-refractivity contribution < 1.29 is 51.6 Å². The maximum Gasteiger partial charge on any atom is 0.270 e. The molecular weight excluding hydrogens is 661 g/mol. The number of hydrogen-bond acceptors (Lipinski definition) is 7. The molecule has 2 fully saturated rings. The summed E-state index contributed by atoms with van der Waals surface area (Å²) in [7, 11) is 2.62. The Morgan fingerprint density at radius 3 is 2.42 bits per heavy atom. The first-order valence-corrected chi connectivity index (χ1v) is 16.6. The number of fused-ring (bicyclic) bond motifs is 2. The van der Waals surface area contributed by atoms with Crippen molar-refractivity contribution in [1.29, 1.82) is 0 Å². The molecule has 0 aliphatic heterocycles. The number of H-pyrrole nitrogens is 1. The number of alkyl halides is 2. The Hall–Kier alpha value is -2.83. The van der Waals surface area contributed by atoms with Gasteiger partial charge in [-0.3, -0.25) is 20.7 Å².